The van der Waals surface area contributed by atoms with Crippen LogP contribution in [0, 0.1) is 0 Å². The number of carbonyl (C=O) groups excluding carboxylic acids is 2. The van der Waals surface area contributed by atoms with E-state index in [1.165, 1.54) is 20.3 Å². The van der Waals surface area contributed by atoms with Gasteiger partial charge in [0.05, 0.1) is 32.5 Å². The topological polar surface area (TPSA) is 71.1 Å². The van der Waals surface area contributed by atoms with Crippen LogP contribution in [0.5, 0.6) is 23.0 Å². The molecule has 6 heteroatoms. The second-order valence-electron chi connectivity index (χ2n) is 8.89. The molecule has 0 saturated heterocycles. The first kappa shape index (κ1) is 25.6. The van der Waals surface area contributed by atoms with E-state index in [9.17, 15) is 9.59 Å². The molecule has 3 aromatic carbocycles. The largest absolute Gasteiger partial charge is 0.497 e. The van der Waals surface area contributed by atoms with Gasteiger partial charge in [-0.15, -0.1) is 0 Å². The van der Waals surface area contributed by atoms with Crippen molar-refractivity contribution in [2.24, 2.45) is 0 Å². The molecule has 0 saturated carbocycles. The van der Waals surface area contributed by atoms with Crippen LogP contribution in [0.2, 0.25) is 0 Å². The summed E-state index contributed by atoms with van der Waals surface area (Å²) in [5, 5.41) is 0. The summed E-state index contributed by atoms with van der Waals surface area (Å²) in [7, 11) is 4.54. The maximum Gasteiger partial charge on any atom is 0.343 e. The van der Waals surface area contributed by atoms with Gasteiger partial charge in [-0.25, -0.2) is 4.79 Å². The van der Waals surface area contributed by atoms with E-state index in [0.29, 0.717) is 33.9 Å². The molecule has 6 nitrogen and oxygen atoms in total. The Kier molecular flexibility index (Phi) is 7.97. The number of methoxy groups -OCH3 is 3. The second kappa shape index (κ2) is 10.9. The van der Waals surface area contributed by atoms with Crippen LogP contribution in [-0.2, 0) is 5.41 Å². The Balaban J connectivity index is 1.75. The molecule has 0 aliphatic rings. The van der Waals surface area contributed by atoms with Gasteiger partial charge in [-0.1, -0.05) is 45.0 Å². The number of ketones is 1. The number of benzene rings is 3. The van der Waals surface area contributed by atoms with E-state index in [4.69, 9.17) is 18.9 Å². The average molecular weight is 475 g/mol. The Morgan fingerprint density at radius 3 is 2.03 bits per heavy atom. The van der Waals surface area contributed by atoms with Crippen LogP contribution in [0.25, 0.3) is 6.08 Å². The van der Waals surface area contributed by atoms with Gasteiger partial charge in [0, 0.05) is 6.07 Å². The first-order valence-electron chi connectivity index (χ1n) is 11.1. The highest BCUT2D eigenvalue weighted by molar-refractivity contribution is 6.08. The minimum Gasteiger partial charge on any atom is -0.497 e. The van der Waals surface area contributed by atoms with Gasteiger partial charge >= 0.3 is 5.97 Å². The lowest BCUT2D eigenvalue weighted by atomic mass is 9.87. The Hall–Kier alpha value is -4.06. The van der Waals surface area contributed by atoms with E-state index in [-0.39, 0.29) is 16.9 Å². The summed E-state index contributed by atoms with van der Waals surface area (Å²) in [6.45, 7) is 6.34. The smallest absolute Gasteiger partial charge is 0.343 e. The molecule has 0 aromatic heterocycles. The lowest BCUT2D eigenvalue weighted by molar-refractivity contribution is 0.0729. The molecule has 182 valence electrons. The summed E-state index contributed by atoms with van der Waals surface area (Å²) < 4.78 is 21.5. The molecule has 0 N–H and O–H groups in total. The SMILES string of the molecule is COc1ccc(C(=O)/C=C/c2ccc(OC(=O)c3ccc(C(C)(C)C)cc3)c(OC)c2)c(OC)c1. The maximum atomic E-state index is 12.7. The van der Waals surface area contributed by atoms with Gasteiger partial charge in [-0.2, -0.15) is 0 Å². The molecule has 0 amide bonds. The van der Waals surface area contributed by atoms with Crippen LogP contribution < -0.4 is 18.9 Å². The van der Waals surface area contributed by atoms with Crippen LogP contribution in [0.1, 0.15) is 52.6 Å². The van der Waals surface area contributed by atoms with E-state index in [0.717, 1.165) is 5.56 Å². The Bertz CT molecular complexity index is 1230. The second-order valence-corrected chi connectivity index (χ2v) is 8.89. The lowest BCUT2D eigenvalue weighted by Gasteiger charge is -2.19. The molecule has 0 bridgehead atoms. The van der Waals surface area contributed by atoms with Gasteiger partial charge in [0.2, 0.25) is 0 Å². The van der Waals surface area contributed by atoms with E-state index in [1.54, 1.807) is 61.7 Å². The molecule has 0 radical (unpaired) electrons. The summed E-state index contributed by atoms with van der Waals surface area (Å²) >= 11 is 0. The molecule has 0 aliphatic carbocycles. The van der Waals surface area contributed by atoms with E-state index >= 15 is 0 Å². The summed E-state index contributed by atoms with van der Waals surface area (Å²) in [5.41, 5.74) is 2.69. The number of hydrogen-bond donors (Lipinski definition) is 0. The Morgan fingerprint density at radius 2 is 1.43 bits per heavy atom. The third-order valence-corrected chi connectivity index (χ3v) is 5.48. The normalized spacial score (nSPS) is 11.3. The number of rotatable bonds is 8. The zero-order valence-corrected chi connectivity index (χ0v) is 20.9. The minimum absolute atomic E-state index is 0.00507. The quantitative estimate of drug-likeness (QED) is 0.169. The molecule has 3 rings (SSSR count). The van der Waals surface area contributed by atoms with Crippen molar-refractivity contribution in [3.63, 3.8) is 0 Å². The Labute approximate surface area is 206 Å². The highest BCUT2D eigenvalue weighted by Gasteiger charge is 2.17. The van der Waals surface area contributed by atoms with Crippen LogP contribution in [0.3, 0.4) is 0 Å². The molecule has 0 heterocycles. The van der Waals surface area contributed by atoms with Crippen molar-refractivity contribution in [2.75, 3.05) is 21.3 Å². The fourth-order valence-corrected chi connectivity index (χ4v) is 3.40. The first-order valence-corrected chi connectivity index (χ1v) is 11.1. The molecule has 0 spiro atoms. The fraction of sp³-hybridized carbons (Fsp3) is 0.241. The highest BCUT2D eigenvalue weighted by Crippen LogP contribution is 2.30. The molecule has 0 unspecified atom stereocenters. The maximum absolute atomic E-state index is 12.7. The Morgan fingerprint density at radius 1 is 0.743 bits per heavy atom. The van der Waals surface area contributed by atoms with Gasteiger partial charge in [0.15, 0.2) is 17.3 Å². The average Bonchev–Trinajstić information content (AvgIpc) is 2.86. The molecule has 3 aromatic rings. The van der Waals surface area contributed by atoms with Crippen LogP contribution >= 0.6 is 0 Å². The molecular formula is C29H30O6. The van der Waals surface area contributed by atoms with Gasteiger partial charge in [0.1, 0.15) is 11.5 Å². The van der Waals surface area contributed by atoms with E-state index in [1.807, 2.05) is 12.1 Å². The number of hydrogen-bond acceptors (Lipinski definition) is 6. The summed E-state index contributed by atoms with van der Waals surface area (Å²) in [6.07, 6.45) is 3.10. The van der Waals surface area contributed by atoms with Gasteiger partial charge in [-0.05, 0) is 59.0 Å². The van der Waals surface area contributed by atoms with Crippen molar-refractivity contribution in [1.29, 1.82) is 0 Å². The lowest BCUT2D eigenvalue weighted by Crippen LogP contribution is -2.13. The zero-order valence-electron chi connectivity index (χ0n) is 20.9. The van der Waals surface area contributed by atoms with E-state index in [2.05, 4.69) is 20.8 Å². The van der Waals surface area contributed by atoms with E-state index < -0.39 is 5.97 Å². The standard InChI is InChI=1S/C29H30O6/c1-29(2,3)21-11-9-20(10-12-21)28(31)35-25-16-8-19(17-27(25)34-6)7-15-24(30)23-14-13-22(32-4)18-26(23)33-5/h7-18H,1-6H3/b15-7+. The van der Waals surface area contributed by atoms with Crippen LogP contribution in [-0.4, -0.2) is 33.1 Å². The third-order valence-electron chi connectivity index (χ3n) is 5.48. The zero-order chi connectivity index (χ0) is 25.6. The molecule has 35 heavy (non-hydrogen) atoms. The monoisotopic (exact) mass is 474 g/mol. The first-order chi connectivity index (χ1) is 16.7. The number of allylic oxidation sites excluding steroid dienone is 1. The predicted molar refractivity (Wildman–Crippen MR) is 136 cm³/mol. The number of carbonyl (C=O) groups is 2. The third kappa shape index (κ3) is 6.29. The molecular weight excluding hydrogens is 444 g/mol. The van der Waals surface area contributed by atoms with Crippen molar-refractivity contribution in [1.82, 2.24) is 0 Å². The van der Waals surface area contributed by atoms with Crippen molar-refractivity contribution < 1.29 is 28.5 Å². The van der Waals surface area contributed by atoms with Crippen molar-refractivity contribution in [2.45, 2.75) is 26.2 Å². The summed E-state index contributed by atoms with van der Waals surface area (Å²) in [6, 6.07) is 17.4. The fourth-order valence-electron chi connectivity index (χ4n) is 3.40. The van der Waals surface area contributed by atoms with Crippen LogP contribution in [0.15, 0.2) is 66.7 Å². The predicted octanol–water partition coefficient (Wildman–Crippen LogP) is 6.13. The van der Waals surface area contributed by atoms with Crippen LogP contribution in [0.4, 0.5) is 0 Å². The number of ether oxygens (including phenoxy) is 4. The van der Waals surface area contributed by atoms with Crippen molar-refractivity contribution in [3.8, 4) is 23.0 Å². The molecule has 0 atom stereocenters. The highest BCUT2D eigenvalue weighted by atomic mass is 16.6. The molecule has 0 aliphatic heterocycles. The summed E-state index contributed by atoms with van der Waals surface area (Å²) in [5.74, 6) is 0.988. The van der Waals surface area contributed by atoms with Crippen molar-refractivity contribution in [3.05, 3.63) is 89.0 Å². The minimum atomic E-state index is -0.478. The summed E-state index contributed by atoms with van der Waals surface area (Å²) in [4.78, 5) is 25.3. The van der Waals surface area contributed by atoms with Crippen molar-refractivity contribution >= 4 is 17.8 Å². The molecule has 0 fully saturated rings. The van der Waals surface area contributed by atoms with Gasteiger partial charge < -0.3 is 18.9 Å². The van der Waals surface area contributed by atoms with Gasteiger partial charge in [-0.3, -0.25) is 4.79 Å². The van der Waals surface area contributed by atoms with Gasteiger partial charge in [0.25, 0.3) is 0 Å². The number of esters is 1.